The van der Waals surface area contributed by atoms with E-state index in [0.29, 0.717) is 38.0 Å². The summed E-state index contributed by atoms with van der Waals surface area (Å²) in [5.74, 6) is -0.499. The summed E-state index contributed by atoms with van der Waals surface area (Å²) in [6, 6.07) is 12.8. The van der Waals surface area contributed by atoms with Gasteiger partial charge >= 0.3 is 0 Å². The lowest BCUT2D eigenvalue weighted by atomic mass is 10.0. The fourth-order valence-corrected chi connectivity index (χ4v) is 4.66. The third kappa shape index (κ3) is 5.63. The molecule has 2 saturated heterocycles. The molecule has 0 radical (unpaired) electrons. The Balaban J connectivity index is 1.44. The van der Waals surface area contributed by atoms with E-state index in [9.17, 15) is 14.9 Å². The largest absolute Gasteiger partial charge is 0.378 e. The van der Waals surface area contributed by atoms with Crippen molar-refractivity contribution in [1.82, 2.24) is 5.32 Å². The Morgan fingerprint density at radius 2 is 1.85 bits per heavy atom. The molecule has 2 aliphatic rings. The van der Waals surface area contributed by atoms with Crippen LogP contribution >= 0.6 is 12.2 Å². The lowest BCUT2D eigenvalue weighted by Gasteiger charge is -2.35. The molecule has 0 aliphatic carbocycles. The van der Waals surface area contributed by atoms with Crippen LogP contribution in [0.15, 0.2) is 42.5 Å². The van der Waals surface area contributed by atoms with E-state index in [0.717, 1.165) is 12.2 Å². The van der Waals surface area contributed by atoms with E-state index in [1.807, 2.05) is 29.2 Å². The molecule has 0 spiro atoms. The molecule has 4 rings (SSSR count). The fourth-order valence-electron chi connectivity index (χ4n) is 4.45. The number of thiocarbonyl (C=S) groups is 1. The Morgan fingerprint density at radius 3 is 2.53 bits per heavy atom. The minimum Gasteiger partial charge on any atom is -0.378 e. The summed E-state index contributed by atoms with van der Waals surface area (Å²) in [6.07, 6.45) is 3.66. The maximum absolute atomic E-state index is 13.1. The molecular formula is C24H29N5O4S. The van der Waals surface area contributed by atoms with E-state index in [1.165, 1.54) is 37.1 Å². The minimum absolute atomic E-state index is 0.128. The van der Waals surface area contributed by atoms with Gasteiger partial charge in [0.1, 0.15) is 0 Å². The topological polar surface area (TPSA) is 100.0 Å². The molecule has 9 nitrogen and oxygen atoms in total. The first-order valence-corrected chi connectivity index (χ1v) is 11.9. The lowest BCUT2D eigenvalue weighted by molar-refractivity contribution is -0.384. The van der Waals surface area contributed by atoms with E-state index in [2.05, 4.69) is 22.5 Å². The van der Waals surface area contributed by atoms with Gasteiger partial charge in [-0.3, -0.25) is 20.2 Å². The number of rotatable bonds is 5. The molecule has 2 heterocycles. The smallest absolute Gasteiger partial charge is 0.270 e. The molecule has 180 valence electrons. The van der Waals surface area contributed by atoms with E-state index < -0.39 is 10.8 Å². The number of non-ortho nitro benzene ring substituents is 1. The number of nitrogens with zero attached hydrogens (tertiary/aromatic N) is 3. The van der Waals surface area contributed by atoms with Gasteiger partial charge in [-0.25, -0.2) is 0 Å². The van der Waals surface area contributed by atoms with Crippen molar-refractivity contribution >= 4 is 46.0 Å². The van der Waals surface area contributed by atoms with Gasteiger partial charge in [0.05, 0.1) is 29.4 Å². The molecule has 1 unspecified atom stereocenters. The predicted molar refractivity (Wildman–Crippen MR) is 137 cm³/mol. The highest BCUT2D eigenvalue weighted by molar-refractivity contribution is 7.80. The van der Waals surface area contributed by atoms with Crippen LogP contribution in [0.2, 0.25) is 0 Å². The van der Waals surface area contributed by atoms with Crippen molar-refractivity contribution in [1.29, 1.82) is 0 Å². The van der Waals surface area contributed by atoms with Crippen molar-refractivity contribution in [3.05, 3.63) is 58.1 Å². The number of anilines is 3. The Morgan fingerprint density at radius 1 is 1.12 bits per heavy atom. The van der Waals surface area contributed by atoms with Crippen LogP contribution in [-0.4, -0.2) is 54.8 Å². The monoisotopic (exact) mass is 483 g/mol. The number of hydrogen-bond donors (Lipinski definition) is 2. The predicted octanol–water partition coefficient (Wildman–Crippen LogP) is 3.94. The van der Waals surface area contributed by atoms with E-state index >= 15 is 0 Å². The molecule has 1 amide bonds. The quantitative estimate of drug-likeness (QED) is 0.375. The van der Waals surface area contributed by atoms with Crippen LogP contribution in [-0.2, 0) is 4.74 Å². The summed E-state index contributed by atoms with van der Waals surface area (Å²) in [6.45, 7) is 5.56. The molecule has 1 atom stereocenters. The number of morpholine rings is 1. The Labute approximate surface area is 204 Å². The number of ether oxygens (including phenoxy) is 1. The van der Waals surface area contributed by atoms with Crippen molar-refractivity contribution in [3.63, 3.8) is 0 Å². The zero-order chi connectivity index (χ0) is 24.1. The van der Waals surface area contributed by atoms with Crippen LogP contribution < -0.4 is 20.4 Å². The lowest BCUT2D eigenvalue weighted by Crippen LogP contribution is -2.39. The summed E-state index contributed by atoms with van der Waals surface area (Å²) < 4.78 is 5.38. The van der Waals surface area contributed by atoms with Gasteiger partial charge in [0.2, 0.25) is 0 Å². The summed E-state index contributed by atoms with van der Waals surface area (Å²) in [4.78, 5) is 28.2. The van der Waals surface area contributed by atoms with Crippen LogP contribution in [0.1, 0.15) is 36.5 Å². The molecule has 10 heteroatoms. The van der Waals surface area contributed by atoms with Gasteiger partial charge in [0.15, 0.2) is 5.11 Å². The highest BCUT2D eigenvalue weighted by atomic mass is 32.1. The van der Waals surface area contributed by atoms with E-state index in [4.69, 9.17) is 17.0 Å². The summed E-state index contributed by atoms with van der Waals surface area (Å²) in [5.41, 5.74) is 2.60. The third-order valence-electron chi connectivity index (χ3n) is 6.27. The van der Waals surface area contributed by atoms with Crippen molar-refractivity contribution in [2.75, 3.05) is 48.0 Å². The van der Waals surface area contributed by atoms with Crippen molar-refractivity contribution in [3.8, 4) is 0 Å². The zero-order valence-corrected chi connectivity index (χ0v) is 20.0. The fraction of sp³-hybridized carbons (Fsp3) is 0.417. The zero-order valence-electron chi connectivity index (χ0n) is 19.2. The van der Waals surface area contributed by atoms with Crippen LogP contribution in [0.5, 0.6) is 0 Å². The minimum atomic E-state index is -0.513. The van der Waals surface area contributed by atoms with Crippen molar-refractivity contribution in [2.45, 2.75) is 32.2 Å². The number of nitro benzene ring substituents is 1. The first kappa shape index (κ1) is 23.9. The Hall–Kier alpha value is -3.24. The second-order valence-corrected chi connectivity index (χ2v) is 8.96. The molecule has 0 bridgehead atoms. The number of hydrogen-bond acceptors (Lipinski definition) is 7. The second-order valence-electron chi connectivity index (χ2n) is 8.55. The van der Waals surface area contributed by atoms with Gasteiger partial charge in [-0.1, -0.05) is 0 Å². The average molecular weight is 484 g/mol. The van der Waals surface area contributed by atoms with Crippen LogP contribution in [0.4, 0.5) is 22.7 Å². The highest BCUT2D eigenvalue weighted by Crippen LogP contribution is 2.27. The average Bonchev–Trinajstić information content (AvgIpc) is 2.85. The molecule has 34 heavy (non-hydrogen) atoms. The number of carbonyl (C=O) groups is 1. The van der Waals surface area contributed by atoms with Gasteiger partial charge in [-0.05, 0) is 68.7 Å². The number of piperidine rings is 1. The number of nitro groups is 1. The molecular weight excluding hydrogens is 454 g/mol. The maximum atomic E-state index is 13.1. The van der Waals surface area contributed by atoms with Gasteiger partial charge in [-0.2, -0.15) is 0 Å². The standard InChI is InChI=1S/C24H29N5O4S/c1-17-4-2-3-11-28(17)19-7-5-18(6-8-19)25-24(34)26-23(30)21-16-20(29(31)32)9-10-22(21)27-12-14-33-15-13-27/h5-10,16-17H,2-4,11-15H2,1H3,(H2,25,26,30,34). The molecule has 0 aromatic heterocycles. The molecule has 2 aromatic rings. The number of amides is 1. The molecule has 2 fully saturated rings. The van der Waals surface area contributed by atoms with Crippen LogP contribution in [0.3, 0.4) is 0 Å². The van der Waals surface area contributed by atoms with Gasteiger partial charge in [0.25, 0.3) is 11.6 Å². The molecule has 0 saturated carbocycles. The van der Waals surface area contributed by atoms with Gasteiger partial charge in [0, 0.05) is 49.2 Å². The Bertz CT molecular complexity index is 1060. The number of benzene rings is 2. The molecule has 2 aromatic carbocycles. The SMILES string of the molecule is CC1CCCCN1c1ccc(NC(=S)NC(=O)c2cc([N+](=O)[O-])ccc2N2CCOCC2)cc1. The summed E-state index contributed by atoms with van der Waals surface area (Å²) in [5, 5.41) is 17.1. The van der Waals surface area contributed by atoms with Crippen LogP contribution in [0, 0.1) is 10.1 Å². The first-order chi connectivity index (χ1) is 16.4. The number of nitrogens with one attached hydrogen (secondary N) is 2. The maximum Gasteiger partial charge on any atom is 0.270 e. The molecule has 2 aliphatic heterocycles. The third-order valence-corrected chi connectivity index (χ3v) is 6.48. The highest BCUT2D eigenvalue weighted by Gasteiger charge is 2.23. The second kappa shape index (κ2) is 10.8. The van der Waals surface area contributed by atoms with Gasteiger partial charge in [-0.15, -0.1) is 0 Å². The Kier molecular flexibility index (Phi) is 7.59. The van der Waals surface area contributed by atoms with Crippen LogP contribution in [0.25, 0.3) is 0 Å². The normalized spacial score (nSPS) is 18.3. The van der Waals surface area contributed by atoms with E-state index in [1.54, 1.807) is 6.07 Å². The van der Waals surface area contributed by atoms with E-state index in [-0.39, 0.29) is 16.4 Å². The summed E-state index contributed by atoms with van der Waals surface area (Å²) >= 11 is 5.35. The molecule has 2 N–H and O–H groups in total. The van der Waals surface area contributed by atoms with Crippen molar-refractivity contribution < 1.29 is 14.5 Å². The van der Waals surface area contributed by atoms with Crippen molar-refractivity contribution in [2.24, 2.45) is 0 Å². The number of carbonyl (C=O) groups excluding carboxylic acids is 1. The van der Waals surface area contributed by atoms with Gasteiger partial charge < -0.3 is 19.9 Å². The summed E-state index contributed by atoms with van der Waals surface area (Å²) in [7, 11) is 0. The first-order valence-electron chi connectivity index (χ1n) is 11.5.